The highest BCUT2D eigenvalue weighted by Gasteiger charge is 2.26. The van der Waals surface area contributed by atoms with Gasteiger partial charge in [0.05, 0.1) is 5.69 Å². The highest BCUT2D eigenvalue weighted by Crippen LogP contribution is 2.39. The summed E-state index contributed by atoms with van der Waals surface area (Å²) in [6.07, 6.45) is -0.105. The maximum absolute atomic E-state index is 13.6. The maximum atomic E-state index is 13.6. The minimum atomic E-state index is -2.81. The fourth-order valence-corrected chi connectivity index (χ4v) is 4.32. The number of Topliss-reactive ketones (excluding diaryl/α,β-unsaturated/α-hetero) is 1. The number of nitrogens with zero attached hydrogens (tertiary/aromatic N) is 4. The van der Waals surface area contributed by atoms with Crippen LogP contribution in [0.15, 0.2) is 54.6 Å². The van der Waals surface area contributed by atoms with Crippen LogP contribution in [0.25, 0.3) is 22.4 Å². The van der Waals surface area contributed by atoms with Crippen LogP contribution in [0.5, 0.6) is 0 Å². The lowest BCUT2D eigenvalue weighted by Crippen LogP contribution is -2.12. The second-order valence-corrected chi connectivity index (χ2v) is 9.13. The van der Waals surface area contributed by atoms with Gasteiger partial charge in [-0.2, -0.15) is 0 Å². The number of carbonyl (C=O) groups excluding carboxylic acids is 1. The van der Waals surface area contributed by atoms with E-state index in [4.69, 9.17) is 5.73 Å². The summed E-state index contributed by atoms with van der Waals surface area (Å²) in [6.45, 7) is 1.59. The van der Waals surface area contributed by atoms with Crippen LogP contribution in [0, 0.1) is 12.7 Å². The maximum Gasteiger partial charge on any atom is 0.280 e. The average Bonchev–Trinajstić information content (AvgIpc) is 3.73. The lowest BCUT2D eigenvalue weighted by atomic mass is 9.94. The standard InChI is InChI=1S/C28H24F3N5O/c1-15-13-18(14-22(33-15)27(30)31)24-25(17-7-9-19(29)10-8-17)35-28(32)36-26(24)23(37)12-11-20-3-2-4-21(34-20)16-5-6-16/h2-4,7-10,13-14,16,27H,5-6,11-12H2,1H3,(H2,32,35,36). The molecule has 188 valence electrons. The summed E-state index contributed by atoms with van der Waals surface area (Å²) in [5.41, 5.74) is 9.00. The zero-order valence-electron chi connectivity index (χ0n) is 20.1. The molecule has 0 amide bonds. The van der Waals surface area contributed by atoms with Gasteiger partial charge in [-0.25, -0.2) is 23.1 Å². The van der Waals surface area contributed by atoms with Gasteiger partial charge in [-0.1, -0.05) is 6.07 Å². The summed E-state index contributed by atoms with van der Waals surface area (Å²) >= 11 is 0. The Bertz CT molecular complexity index is 1470. The minimum absolute atomic E-state index is 0.0102. The van der Waals surface area contributed by atoms with Gasteiger partial charge in [-0.15, -0.1) is 0 Å². The number of benzene rings is 1. The van der Waals surface area contributed by atoms with Crippen molar-refractivity contribution in [3.05, 3.63) is 88.9 Å². The second-order valence-electron chi connectivity index (χ2n) is 9.13. The van der Waals surface area contributed by atoms with Gasteiger partial charge < -0.3 is 5.73 Å². The number of aryl methyl sites for hydroxylation is 2. The Morgan fingerprint density at radius 3 is 2.46 bits per heavy atom. The van der Waals surface area contributed by atoms with Crippen molar-refractivity contribution in [2.75, 3.05) is 5.73 Å². The monoisotopic (exact) mass is 503 g/mol. The van der Waals surface area contributed by atoms with Crippen molar-refractivity contribution in [2.45, 2.75) is 45.0 Å². The van der Waals surface area contributed by atoms with Crippen LogP contribution in [-0.4, -0.2) is 25.7 Å². The van der Waals surface area contributed by atoms with E-state index in [1.54, 1.807) is 13.0 Å². The summed E-state index contributed by atoms with van der Waals surface area (Å²) < 4.78 is 40.9. The molecule has 5 rings (SSSR count). The molecule has 2 N–H and O–H groups in total. The van der Waals surface area contributed by atoms with E-state index in [0.717, 1.165) is 24.2 Å². The predicted molar refractivity (Wildman–Crippen MR) is 134 cm³/mol. The number of anilines is 1. The molecule has 3 aromatic heterocycles. The van der Waals surface area contributed by atoms with Crippen LogP contribution < -0.4 is 5.73 Å². The predicted octanol–water partition coefficient (Wildman–Crippen LogP) is 6.26. The van der Waals surface area contributed by atoms with Gasteiger partial charge in [-0.05, 0) is 80.3 Å². The van der Waals surface area contributed by atoms with Crippen molar-refractivity contribution in [3.63, 3.8) is 0 Å². The van der Waals surface area contributed by atoms with Gasteiger partial charge in [0.2, 0.25) is 5.95 Å². The van der Waals surface area contributed by atoms with Crippen molar-refractivity contribution in [1.29, 1.82) is 0 Å². The summed E-state index contributed by atoms with van der Waals surface area (Å²) in [7, 11) is 0. The van der Waals surface area contributed by atoms with Crippen LogP contribution >= 0.6 is 0 Å². The number of hydrogen-bond donors (Lipinski definition) is 1. The molecular weight excluding hydrogens is 479 g/mol. The molecule has 0 unspecified atom stereocenters. The molecule has 37 heavy (non-hydrogen) atoms. The van der Waals surface area contributed by atoms with Gasteiger partial charge in [0.15, 0.2) is 5.78 Å². The number of ketones is 1. The lowest BCUT2D eigenvalue weighted by molar-refractivity contribution is 0.0978. The zero-order chi connectivity index (χ0) is 26.1. The fraction of sp³-hybridized carbons (Fsp3) is 0.250. The van der Waals surface area contributed by atoms with E-state index in [9.17, 15) is 18.0 Å². The summed E-state index contributed by atoms with van der Waals surface area (Å²) in [4.78, 5) is 30.7. The molecule has 1 saturated carbocycles. The summed E-state index contributed by atoms with van der Waals surface area (Å²) in [5, 5.41) is 0. The number of carbonyl (C=O) groups is 1. The first-order valence-corrected chi connectivity index (χ1v) is 12.0. The average molecular weight is 504 g/mol. The number of nitrogens with two attached hydrogens (primary N) is 1. The third-order valence-electron chi connectivity index (χ3n) is 6.23. The minimum Gasteiger partial charge on any atom is -0.368 e. The normalized spacial score (nSPS) is 13.2. The summed E-state index contributed by atoms with van der Waals surface area (Å²) in [6, 6.07) is 14.1. The number of hydrogen-bond acceptors (Lipinski definition) is 6. The molecule has 1 aliphatic rings. The first-order valence-electron chi connectivity index (χ1n) is 12.0. The van der Waals surface area contributed by atoms with E-state index >= 15 is 0 Å². The fourth-order valence-electron chi connectivity index (χ4n) is 4.32. The number of rotatable bonds is 8. The number of halogens is 3. The Balaban J connectivity index is 1.59. The van der Waals surface area contributed by atoms with Crippen molar-refractivity contribution >= 4 is 11.7 Å². The van der Waals surface area contributed by atoms with Gasteiger partial charge >= 0.3 is 0 Å². The molecule has 0 radical (unpaired) electrons. The van der Waals surface area contributed by atoms with E-state index < -0.39 is 17.9 Å². The highest BCUT2D eigenvalue weighted by atomic mass is 19.3. The molecular formula is C28H24F3N5O. The molecule has 0 bridgehead atoms. The van der Waals surface area contributed by atoms with E-state index in [-0.39, 0.29) is 35.1 Å². The third kappa shape index (κ3) is 5.50. The van der Waals surface area contributed by atoms with Crippen LogP contribution in [-0.2, 0) is 6.42 Å². The van der Waals surface area contributed by atoms with Crippen molar-refractivity contribution in [1.82, 2.24) is 19.9 Å². The Labute approximate surface area is 211 Å². The topological polar surface area (TPSA) is 94.7 Å². The van der Waals surface area contributed by atoms with E-state index in [1.807, 2.05) is 18.2 Å². The molecule has 1 fully saturated rings. The molecule has 1 aromatic carbocycles. The molecule has 4 aromatic rings. The molecule has 9 heteroatoms. The molecule has 6 nitrogen and oxygen atoms in total. The van der Waals surface area contributed by atoms with E-state index in [1.165, 1.54) is 30.3 Å². The van der Waals surface area contributed by atoms with Gasteiger partial charge in [0.1, 0.15) is 17.2 Å². The number of pyridine rings is 2. The molecule has 3 heterocycles. The van der Waals surface area contributed by atoms with Crippen molar-refractivity contribution in [2.24, 2.45) is 0 Å². The Kier molecular flexibility index (Phi) is 6.69. The molecule has 1 aliphatic carbocycles. The molecule has 0 atom stereocenters. The van der Waals surface area contributed by atoms with E-state index in [0.29, 0.717) is 29.2 Å². The smallest absolute Gasteiger partial charge is 0.280 e. The lowest BCUT2D eigenvalue weighted by Gasteiger charge is -2.16. The van der Waals surface area contributed by atoms with Crippen molar-refractivity contribution in [3.8, 4) is 22.4 Å². The third-order valence-corrected chi connectivity index (χ3v) is 6.23. The number of aromatic nitrogens is 4. The highest BCUT2D eigenvalue weighted by molar-refractivity contribution is 6.04. The molecule has 0 saturated heterocycles. The second kappa shape index (κ2) is 10.1. The van der Waals surface area contributed by atoms with Crippen LogP contribution in [0.3, 0.4) is 0 Å². The number of alkyl halides is 2. The summed E-state index contributed by atoms with van der Waals surface area (Å²) in [5.74, 6) is -0.454. The van der Waals surface area contributed by atoms with Gasteiger partial charge in [-0.3, -0.25) is 14.8 Å². The zero-order valence-corrected chi connectivity index (χ0v) is 20.1. The van der Waals surface area contributed by atoms with Crippen LogP contribution in [0.4, 0.5) is 19.1 Å². The molecule has 0 spiro atoms. The Morgan fingerprint density at radius 2 is 1.76 bits per heavy atom. The first kappa shape index (κ1) is 24.5. The quantitative estimate of drug-likeness (QED) is 0.285. The number of nitrogen functional groups attached to an aromatic ring is 1. The van der Waals surface area contributed by atoms with Gasteiger partial charge in [0, 0.05) is 40.5 Å². The first-order chi connectivity index (χ1) is 17.8. The van der Waals surface area contributed by atoms with Crippen LogP contribution in [0.2, 0.25) is 0 Å². The van der Waals surface area contributed by atoms with E-state index in [2.05, 4.69) is 19.9 Å². The SMILES string of the molecule is Cc1cc(-c2c(C(=O)CCc3cccc(C4CC4)n3)nc(N)nc2-c2ccc(F)cc2)cc(C(F)F)n1. The Morgan fingerprint density at radius 1 is 1.00 bits per heavy atom. The van der Waals surface area contributed by atoms with Crippen molar-refractivity contribution < 1.29 is 18.0 Å². The van der Waals surface area contributed by atoms with Gasteiger partial charge in [0.25, 0.3) is 6.43 Å². The molecule has 0 aliphatic heterocycles. The Hall–Kier alpha value is -4.14. The largest absolute Gasteiger partial charge is 0.368 e. The van der Waals surface area contributed by atoms with Crippen LogP contribution in [0.1, 0.15) is 64.9 Å².